The van der Waals surface area contributed by atoms with E-state index in [1.54, 1.807) is 4.90 Å². The lowest BCUT2D eigenvalue weighted by Crippen LogP contribution is -2.45. The number of anilines is 1. The van der Waals surface area contributed by atoms with Crippen LogP contribution < -0.4 is 5.73 Å². The molecule has 1 aromatic carbocycles. The number of likely N-dealkylation sites (N-methyl/N-ethyl adjacent to an activating group) is 1. The zero-order chi connectivity index (χ0) is 14.0. The Balaban J connectivity index is 2.15. The number of rotatable bonds is 3. The van der Waals surface area contributed by atoms with Crippen LogP contribution in [0.25, 0.3) is 0 Å². The number of amides is 1. The van der Waals surface area contributed by atoms with Crippen molar-refractivity contribution < 1.29 is 9.53 Å². The number of hydrogen-bond acceptors (Lipinski definition) is 3. The smallest absolute Gasteiger partial charge is 0.254 e. The molecular formula is C15H22N2O2. The zero-order valence-electron chi connectivity index (χ0n) is 11.8. The molecule has 0 aromatic heterocycles. The van der Waals surface area contributed by atoms with E-state index in [0.29, 0.717) is 12.3 Å². The van der Waals surface area contributed by atoms with Crippen molar-refractivity contribution >= 4 is 11.6 Å². The van der Waals surface area contributed by atoms with Crippen LogP contribution in [0.5, 0.6) is 0 Å². The van der Waals surface area contributed by atoms with Crippen LogP contribution in [0.3, 0.4) is 0 Å². The first-order chi connectivity index (χ1) is 8.94. The van der Waals surface area contributed by atoms with E-state index in [2.05, 4.69) is 0 Å². The first-order valence-corrected chi connectivity index (χ1v) is 6.71. The van der Waals surface area contributed by atoms with Gasteiger partial charge in [0.15, 0.2) is 0 Å². The minimum absolute atomic E-state index is 0.0166. The fourth-order valence-electron chi connectivity index (χ4n) is 2.54. The lowest BCUT2D eigenvalue weighted by atomic mass is 9.99. The number of nitrogens with two attached hydrogens (primary N) is 1. The molecule has 1 aliphatic heterocycles. The molecule has 0 spiro atoms. The van der Waals surface area contributed by atoms with E-state index < -0.39 is 5.60 Å². The first-order valence-electron chi connectivity index (χ1n) is 6.71. The fraction of sp³-hybridized carbons (Fsp3) is 0.533. The van der Waals surface area contributed by atoms with Crippen molar-refractivity contribution in [1.29, 1.82) is 0 Å². The average Bonchev–Trinajstić information content (AvgIpc) is 2.84. The van der Waals surface area contributed by atoms with E-state index in [1.807, 2.05) is 45.2 Å². The summed E-state index contributed by atoms with van der Waals surface area (Å²) in [5.74, 6) is 0.0416. The van der Waals surface area contributed by atoms with Gasteiger partial charge in [0, 0.05) is 19.3 Å². The number of nitrogen functional groups attached to an aromatic ring is 1. The molecule has 104 valence electrons. The summed E-state index contributed by atoms with van der Waals surface area (Å²) >= 11 is 0. The summed E-state index contributed by atoms with van der Waals surface area (Å²) in [5.41, 5.74) is 6.88. The van der Waals surface area contributed by atoms with Crippen molar-refractivity contribution in [3.63, 3.8) is 0 Å². The predicted octanol–water partition coefficient (Wildman–Crippen LogP) is 2.36. The molecule has 0 saturated carbocycles. The second-order valence-electron chi connectivity index (χ2n) is 5.45. The molecule has 1 fully saturated rings. The fourth-order valence-corrected chi connectivity index (χ4v) is 2.54. The number of nitrogens with zero attached hydrogens (tertiary/aromatic N) is 1. The Morgan fingerprint density at radius 2 is 2.26 bits per heavy atom. The van der Waals surface area contributed by atoms with Crippen molar-refractivity contribution in [2.24, 2.45) is 0 Å². The molecule has 2 unspecified atom stereocenters. The Morgan fingerprint density at radius 3 is 2.84 bits per heavy atom. The van der Waals surface area contributed by atoms with Gasteiger partial charge in [-0.15, -0.1) is 0 Å². The minimum atomic E-state index is -0.663. The van der Waals surface area contributed by atoms with Crippen LogP contribution >= 0.6 is 0 Å². The highest BCUT2D eigenvalue weighted by Gasteiger charge is 2.40. The normalized spacial score (nSPS) is 24.2. The molecular weight excluding hydrogens is 240 g/mol. The summed E-state index contributed by atoms with van der Waals surface area (Å²) in [6.07, 6.45) is 1.74. The molecule has 0 aliphatic carbocycles. The summed E-state index contributed by atoms with van der Waals surface area (Å²) in [4.78, 5) is 14.3. The Bertz CT molecular complexity index is 467. The third-order valence-corrected chi connectivity index (χ3v) is 3.97. The van der Waals surface area contributed by atoms with E-state index in [1.165, 1.54) is 0 Å². The first kappa shape index (κ1) is 13.9. The number of carbonyl (C=O) groups is 1. The summed E-state index contributed by atoms with van der Waals surface area (Å²) in [6, 6.07) is 7.64. The van der Waals surface area contributed by atoms with Crippen LogP contribution in [0.15, 0.2) is 24.3 Å². The highest BCUT2D eigenvalue weighted by atomic mass is 16.5. The SMILES string of the molecule is CC(c1cccc(N)c1)N(C)C(=O)C1(C)CCCO1. The number of hydrogen-bond donors (Lipinski definition) is 1. The van der Waals surface area contributed by atoms with Crippen LogP contribution in [0.4, 0.5) is 5.69 Å². The number of benzene rings is 1. The molecule has 1 saturated heterocycles. The lowest BCUT2D eigenvalue weighted by Gasteiger charge is -2.32. The van der Waals surface area contributed by atoms with Crippen molar-refractivity contribution in [2.75, 3.05) is 19.4 Å². The van der Waals surface area contributed by atoms with Gasteiger partial charge in [-0.25, -0.2) is 0 Å². The Hall–Kier alpha value is -1.55. The Morgan fingerprint density at radius 1 is 1.53 bits per heavy atom. The molecule has 1 amide bonds. The maximum Gasteiger partial charge on any atom is 0.254 e. The van der Waals surface area contributed by atoms with Crippen molar-refractivity contribution in [3.05, 3.63) is 29.8 Å². The van der Waals surface area contributed by atoms with Crippen molar-refractivity contribution in [3.8, 4) is 0 Å². The van der Waals surface area contributed by atoms with Gasteiger partial charge in [-0.2, -0.15) is 0 Å². The van der Waals surface area contributed by atoms with Crippen LogP contribution in [0, 0.1) is 0 Å². The van der Waals surface area contributed by atoms with Crippen molar-refractivity contribution in [2.45, 2.75) is 38.3 Å². The number of ether oxygens (including phenoxy) is 1. The van der Waals surface area contributed by atoms with E-state index in [9.17, 15) is 4.79 Å². The van der Waals surface area contributed by atoms with Gasteiger partial charge in [0.2, 0.25) is 0 Å². The summed E-state index contributed by atoms with van der Waals surface area (Å²) in [7, 11) is 1.82. The highest BCUT2D eigenvalue weighted by Crippen LogP contribution is 2.30. The largest absolute Gasteiger partial charge is 0.399 e. The predicted molar refractivity (Wildman–Crippen MR) is 75.6 cm³/mol. The van der Waals surface area contributed by atoms with Crippen LogP contribution in [0.2, 0.25) is 0 Å². The van der Waals surface area contributed by atoms with E-state index >= 15 is 0 Å². The molecule has 4 nitrogen and oxygen atoms in total. The molecule has 1 aromatic rings. The highest BCUT2D eigenvalue weighted by molar-refractivity contribution is 5.85. The van der Waals surface area contributed by atoms with Crippen LogP contribution in [-0.2, 0) is 9.53 Å². The molecule has 1 aliphatic rings. The van der Waals surface area contributed by atoms with Gasteiger partial charge in [-0.05, 0) is 44.4 Å². The second-order valence-corrected chi connectivity index (χ2v) is 5.45. The van der Waals surface area contributed by atoms with E-state index in [4.69, 9.17) is 10.5 Å². The van der Waals surface area contributed by atoms with Crippen LogP contribution in [0.1, 0.15) is 38.3 Å². The van der Waals surface area contributed by atoms with Gasteiger partial charge in [-0.1, -0.05) is 12.1 Å². The minimum Gasteiger partial charge on any atom is -0.399 e. The summed E-state index contributed by atoms with van der Waals surface area (Å²) < 4.78 is 5.62. The third kappa shape index (κ3) is 2.73. The average molecular weight is 262 g/mol. The topological polar surface area (TPSA) is 55.6 Å². The second kappa shape index (κ2) is 5.21. The molecule has 0 radical (unpaired) electrons. The van der Waals surface area contributed by atoms with Gasteiger partial charge in [0.1, 0.15) is 5.60 Å². The maximum absolute atomic E-state index is 12.5. The molecule has 4 heteroatoms. The van der Waals surface area contributed by atoms with E-state index in [0.717, 1.165) is 18.4 Å². The maximum atomic E-state index is 12.5. The quantitative estimate of drug-likeness (QED) is 0.851. The van der Waals surface area contributed by atoms with Gasteiger partial charge < -0.3 is 15.4 Å². The molecule has 2 N–H and O–H groups in total. The van der Waals surface area contributed by atoms with Crippen LogP contribution in [-0.4, -0.2) is 30.1 Å². The number of carbonyl (C=O) groups excluding carboxylic acids is 1. The zero-order valence-corrected chi connectivity index (χ0v) is 11.8. The molecule has 19 heavy (non-hydrogen) atoms. The van der Waals surface area contributed by atoms with Gasteiger partial charge >= 0.3 is 0 Å². The standard InChI is InChI=1S/C15H22N2O2/c1-11(12-6-4-7-13(16)10-12)17(3)14(18)15(2)8-5-9-19-15/h4,6-7,10-11H,5,8-9,16H2,1-3H3. The molecule has 1 heterocycles. The molecule has 2 rings (SSSR count). The van der Waals surface area contributed by atoms with Gasteiger partial charge in [0.25, 0.3) is 5.91 Å². The third-order valence-electron chi connectivity index (χ3n) is 3.97. The summed E-state index contributed by atoms with van der Waals surface area (Å²) in [5, 5.41) is 0. The Labute approximate surface area is 114 Å². The van der Waals surface area contributed by atoms with Crippen molar-refractivity contribution in [1.82, 2.24) is 4.90 Å². The van der Waals surface area contributed by atoms with Gasteiger partial charge in [0.05, 0.1) is 6.04 Å². The molecule has 2 atom stereocenters. The Kier molecular flexibility index (Phi) is 3.80. The van der Waals surface area contributed by atoms with Gasteiger partial charge in [-0.3, -0.25) is 4.79 Å². The summed E-state index contributed by atoms with van der Waals surface area (Å²) in [6.45, 7) is 4.55. The van der Waals surface area contributed by atoms with E-state index in [-0.39, 0.29) is 11.9 Å². The lowest BCUT2D eigenvalue weighted by molar-refractivity contribution is -0.151. The monoisotopic (exact) mass is 262 g/mol. The molecule has 0 bridgehead atoms.